The van der Waals surface area contributed by atoms with Gasteiger partial charge in [-0.15, -0.1) is 0 Å². The molecule has 3 rings (SSSR count). The Labute approximate surface area is 116 Å². The summed E-state index contributed by atoms with van der Waals surface area (Å²) >= 11 is 0. The average molecular weight is 268 g/mol. The van der Waals surface area contributed by atoms with Gasteiger partial charge >= 0.3 is 5.69 Å². The van der Waals surface area contributed by atoms with E-state index in [4.69, 9.17) is 5.73 Å². The number of imidazole rings is 1. The van der Waals surface area contributed by atoms with Gasteiger partial charge in [0.25, 0.3) is 0 Å². The quantitative estimate of drug-likeness (QED) is 0.636. The number of aromatic nitrogens is 2. The van der Waals surface area contributed by atoms with Crippen molar-refractivity contribution in [2.75, 3.05) is 17.7 Å². The first-order valence-electron chi connectivity index (χ1n) is 6.39. The monoisotopic (exact) mass is 268 g/mol. The van der Waals surface area contributed by atoms with Gasteiger partial charge < -0.3 is 20.6 Å². The molecule has 0 saturated heterocycles. The number of H-pyrrole nitrogens is 2. The third-order valence-corrected chi connectivity index (χ3v) is 3.34. The van der Waals surface area contributed by atoms with Crippen molar-refractivity contribution in [3.05, 3.63) is 58.5 Å². The normalized spacial score (nSPS) is 10.8. The average Bonchev–Trinajstić information content (AvgIpc) is 2.80. The lowest BCUT2D eigenvalue weighted by atomic mass is 10.2. The van der Waals surface area contributed by atoms with Crippen LogP contribution in [0.15, 0.2) is 47.3 Å². The molecule has 0 amide bonds. The number of hydrogen-bond donors (Lipinski definition) is 3. The van der Waals surface area contributed by atoms with Crippen LogP contribution >= 0.6 is 0 Å². The third kappa shape index (κ3) is 2.38. The van der Waals surface area contributed by atoms with Gasteiger partial charge in [-0.1, -0.05) is 12.1 Å². The SMILES string of the molecule is CN(Cc1ccc(N)cc1)c1ccc2[nH]c(=O)[nH]c2c1. The van der Waals surface area contributed by atoms with Crippen LogP contribution in [0.3, 0.4) is 0 Å². The van der Waals surface area contributed by atoms with E-state index in [0.717, 1.165) is 29.0 Å². The predicted molar refractivity (Wildman–Crippen MR) is 81.9 cm³/mol. The fourth-order valence-corrected chi connectivity index (χ4v) is 2.25. The highest BCUT2D eigenvalue weighted by atomic mass is 16.1. The number of anilines is 2. The highest BCUT2D eigenvalue weighted by Crippen LogP contribution is 2.20. The van der Waals surface area contributed by atoms with Crippen LogP contribution in [-0.4, -0.2) is 17.0 Å². The van der Waals surface area contributed by atoms with Crippen molar-refractivity contribution in [3.63, 3.8) is 0 Å². The Hall–Kier alpha value is -2.69. The number of fused-ring (bicyclic) bond motifs is 1. The van der Waals surface area contributed by atoms with Crippen LogP contribution < -0.4 is 16.3 Å². The lowest BCUT2D eigenvalue weighted by Crippen LogP contribution is -2.16. The van der Waals surface area contributed by atoms with Crippen molar-refractivity contribution in [2.45, 2.75) is 6.54 Å². The van der Waals surface area contributed by atoms with E-state index < -0.39 is 0 Å². The summed E-state index contributed by atoms with van der Waals surface area (Å²) in [5.41, 5.74) is 10.1. The number of nitrogens with two attached hydrogens (primary N) is 1. The molecule has 0 bridgehead atoms. The van der Waals surface area contributed by atoms with E-state index in [1.54, 1.807) is 0 Å². The molecule has 0 atom stereocenters. The molecule has 5 heteroatoms. The zero-order valence-electron chi connectivity index (χ0n) is 11.2. The van der Waals surface area contributed by atoms with Gasteiger partial charge in [-0.2, -0.15) is 0 Å². The molecule has 0 aliphatic carbocycles. The minimum absolute atomic E-state index is 0.182. The van der Waals surface area contributed by atoms with Gasteiger partial charge in [-0.05, 0) is 35.9 Å². The molecule has 0 aliphatic rings. The number of nitrogen functional groups attached to an aromatic ring is 1. The summed E-state index contributed by atoms with van der Waals surface area (Å²) in [6.45, 7) is 0.778. The van der Waals surface area contributed by atoms with E-state index in [9.17, 15) is 4.79 Å². The number of nitrogens with zero attached hydrogens (tertiary/aromatic N) is 1. The summed E-state index contributed by atoms with van der Waals surface area (Å²) < 4.78 is 0. The van der Waals surface area contributed by atoms with E-state index >= 15 is 0 Å². The molecular weight excluding hydrogens is 252 g/mol. The Balaban J connectivity index is 1.85. The lowest BCUT2D eigenvalue weighted by molar-refractivity contribution is 0.924. The zero-order valence-corrected chi connectivity index (χ0v) is 11.2. The summed E-state index contributed by atoms with van der Waals surface area (Å²) in [7, 11) is 2.02. The van der Waals surface area contributed by atoms with Gasteiger partial charge in [0.15, 0.2) is 0 Å². The maximum absolute atomic E-state index is 11.3. The Kier molecular flexibility index (Phi) is 2.95. The number of hydrogen-bond acceptors (Lipinski definition) is 3. The maximum atomic E-state index is 11.3. The molecular formula is C15H16N4O. The molecule has 5 nitrogen and oxygen atoms in total. The maximum Gasteiger partial charge on any atom is 0.323 e. The number of aromatic amines is 2. The Morgan fingerprint density at radius 3 is 2.50 bits per heavy atom. The highest BCUT2D eigenvalue weighted by molar-refractivity contribution is 5.78. The number of nitrogens with one attached hydrogen (secondary N) is 2. The molecule has 0 unspecified atom stereocenters. The Bertz CT molecular complexity index is 785. The Morgan fingerprint density at radius 1 is 1.05 bits per heavy atom. The second-order valence-electron chi connectivity index (χ2n) is 4.91. The van der Waals surface area contributed by atoms with E-state index in [-0.39, 0.29) is 5.69 Å². The smallest absolute Gasteiger partial charge is 0.323 e. The molecule has 2 aromatic carbocycles. The molecule has 3 aromatic rings. The standard InChI is InChI=1S/C15H16N4O/c1-19(9-10-2-4-11(16)5-3-10)12-6-7-13-14(8-12)18-15(20)17-13/h2-8H,9,16H2,1H3,(H2,17,18,20). The van der Waals surface area contributed by atoms with Crippen LogP contribution in [-0.2, 0) is 6.54 Å². The van der Waals surface area contributed by atoms with Gasteiger partial charge in [0.05, 0.1) is 11.0 Å². The molecule has 0 spiro atoms. The molecule has 4 N–H and O–H groups in total. The highest BCUT2D eigenvalue weighted by Gasteiger charge is 2.05. The van der Waals surface area contributed by atoms with Gasteiger partial charge in [-0.25, -0.2) is 4.79 Å². The second kappa shape index (κ2) is 4.77. The lowest BCUT2D eigenvalue weighted by Gasteiger charge is -2.19. The summed E-state index contributed by atoms with van der Waals surface area (Å²) in [6, 6.07) is 13.7. The number of benzene rings is 2. The molecule has 102 valence electrons. The van der Waals surface area contributed by atoms with Crippen molar-refractivity contribution in [2.24, 2.45) is 0 Å². The van der Waals surface area contributed by atoms with Crippen LogP contribution in [0.4, 0.5) is 11.4 Å². The van der Waals surface area contributed by atoms with E-state index in [1.165, 1.54) is 5.56 Å². The van der Waals surface area contributed by atoms with Gasteiger partial charge in [0, 0.05) is 25.0 Å². The van der Waals surface area contributed by atoms with Crippen molar-refractivity contribution < 1.29 is 0 Å². The first kappa shape index (κ1) is 12.3. The Morgan fingerprint density at radius 2 is 1.75 bits per heavy atom. The van der Waals surface area contributed by atoms with E-state index in [0.29, 0.717) is 0 Å². The first-order valence-corrected chi connectivity index (χ1v) is 6.39. The minimum Gasteiger partial charge on any atom is -0.399 e. The van der Waals surface area contributed by atoms with E-state index in [1.807, 2.05) is 49.5 Å². The van der Waals surface area contributed by atoms with Crippen molar-refractivity contribution >= 4 is 22.4 Å². The van der Waals surface area contributed by atoms with Gasteiger partial charge in [-0.3, -0.25) is 0 Å². The van der Waals surface area contributed by atoms with Crippen LogP contribution in [0.25, 0.3) is 11.0 Å². The molecule has 0 aliphatic heterocycles. The number of rotatable bonds is 3. The second-order valence-corrected chi connectivity index (χ2v) is 4.91. The molecule has 1 heterocycles. The van der Waals surface area contributed by atoms with Crippen molar-refractivity contribution in [1.29, 1.82) is 0 Å². The van der Waals surface area contributed by atoms with Crippen LogP contribution in [0, 0.1) is 0 Å². The van der Waals surface area contributed by atoms with Crippen LogP contribution in [0.1, 0.15) is 5.56 Å². The molecule has 0 fully saturated rings. The molecule has 20 heavy (non-hydrogen) atoms. The summed E-state index contributed by atoms with van der Waals surface area (Å²) in [6.07, 6.45) is 0. The molecule has 1 aromatic heterocycles. The molecule has 0 saturated carbocycles. The topological polar surface area (TPSA) is 77.9 Å². The first-order chi connectivity index (χ1) is 9.61. The van der Waals surface area contributed by atoms with Gasteiger partial charge in [0.1, 0.15) is 0 Å². The largest absolute Gasteiger partial charge is 0.399 e. The fourth-order valence-electron chi connectivity index (χ4n) is 2.25. The summed E-state index contributed by atoms with van der Waals surface area (Å²) in [5, 5.41) is 0. The third-order valence-electron chi connectivity index (χ3n) is 3.34. The molecule has 0 radical (unpaired) electrons. The van der Waals surface area contributed by atoms with Gasteiger partial charge in [0.2, 0.25) is 0 Å². The van der Waals surface area contributed by atoms with Crippen molar-refractivity contribution in [3.8, 4) is 0 Å². The summed E-state index contributed by atoms with van der Waals surface area (Å²) in [4.78, 5) is 18.9. The van der Waals surface area contributed by atoms with Crippen LogP contribution in [0.5, 0.6) is 0 Å². The van der Waals surface area contributed by atoms with E-state index in [2.05, 4.69) is 14.9 Å². The summed E-state index contributed by atoms with van der Waals surface area (Å²) in [5.74, 6) is 0. The zero-order chi connectivity index (χ0) is 14.1. The van der Waals surface area contributed by atoms with Crippen LogP contribution in [0.2, 0.25) is 0 Å². The fraction of sp³-hybridized carbons (Fsp3) is 0.133. The predicted octanol–water partition coefficient (Wildman–Crippen LogP) is 2.07. The minimum atomic E-state index is -0.182. The van der Waals surface area contributed by atoms with Crippen molar-refractivity contribution in [1.82, 2.24) is 9.97 Å².